The van der Waals surface area contributed by atoms with Crippen LogP contribution in [-0.4, -0.2) is 37.2 Å². The van der Waals surface area contributed by atoms with Gasteiger partial charge in [0.1, 0.15) is 16.3 Å². The van der Waals surface area contributed by atoms with E-state index in [4.69, 9.17) is 21.5 Å². The number of nitrogen functional groups attached to an aromatic ring is 1. The van der Waals surface area contributed by atoms with Crippen molar-refractivity contribution in [3.8, 4) is 6.07 Å². The fourth-order valence-electron chi connectivity index (χ4n) is 3.17. The molecule has 0 saturated carbocycles. The Kier molecular flexibility index (Phi) is 4.83. The van der Waals surface area contributed by atoms with Crippen LogP contribution in [0.15, 0.2) is 12.3 Å². The van der Waals surface area contributed by atoms with Crippen molar-refractivity contribution >= 4 is 38.8 Å². The summed E-state index contributed by atoms with van der Waals surface area (Å²) < 4.78 is 5.37. The number of amides is 1. The quantitative estimate of drug-likeness (QED) is 0.797. The Labute approximate surface area is 143 Å². The first-order valence-electron chi connectivity index (χ1n) is 7.78. The van der Waals surface area contributed by atoms with Crippen LogP contribution in [0.4, 0.5) is 11.4 Å². The molecule has 4 N–H and O–H groups in total. The maximum atomic E-state index is 11.5. The number of carbonyl (C=O) groups is 1. The lowest BCUT2D eigenvalue weighted by molar-refractivity contribution is 0.100. The first-order valence-corrected chi connectivity index (χ1v) is 8.60. The van der Waals surface area contributed by atoms with Crippen molar-refractivity contribution in [1.29, 1.82) is 5.26 Å². The van der Waals surface area contributed by atoms with Gasteiger partial charge in [-0.3, -0.25) is 4.79 Å². The molecule has 0 aliphatic carbocycles. The lowest BCUT2D eigenvalue weighted by atomic mass is 9.98. The topological polar surface area (TPSA) is 118 Å². The third kappa shape index (κ3) is 3.13. The number of nitrogens with two attached hydrogens (primary N) is 2. The molecule has 1 fully saturated rings. The van der Waals surface area contributed by atoms with E-state index in [0.717, 1.165) is 41.8 Å². The summed E-state index contributed by atoms with van der Waals surface area (Å²) in [6.45, 7) is 2.43. The van der Waals surface area contributed by atoms with Gasteiger partial charge in [0.2, 0.25) is 0 Å². The molecule has 2 aromatic rings. The minimum absolute atomic E-state index is 0.120. The number of ether oxygens (including phenoxy) is 1. The van der Waals surface area contributed by atoms with Gasteiger partial charge in [0, 0.05) is 19.3 Å². The van der Waals surface area contributed by atoms with E-state index in [1.807, 2.05) is 12.1 Å². The Morgan fingerprint density at radius 1 is 1.58 bits per heavy atom. The van der Waals surface area contributed by atoms with Crippen molar-refractivity contribution in [1.82, 2.24) is 4.98 Å². The second-order valence-corrected chi connectivity index (χ2v) is 6.85. The van der Waals surface area contributed by atoms with Crippen LogP contribution in [0.2, 0.25) is 0 Å². The normalized spacial score (nSPS) is 17.8. The first kappa shape index (κ1) is 16.5. The van der Waals surface area contributed by atoms with E-state index in [1.165, 1.54) is 11.3 Å². The Balaban J connectivity index is 1.88. The van der Waals surface area contributed by atoms with Gasteiger partial charge in [-0.1, -0.05) is 0 Å². The highest BCUT2D eigenvalue weighted by Crippen LogP contribution is 2.39. The zero-order valence-electron chi connectivity index (χ0n) is 13.2. The van der Waals surface area contributed by atoms with Gasteiger partial charge in [-0.2, -0.15) is 5.26 Å². The molecule has 1 unspecified atom stereocenters. The second kappa shape index (κ2) is 7.03. The molecule has 0 spiro atoms. The number of nitriles is 1. The van der Waals surface area contributed by atoms with Crippen molar-refractivity contribution in [2.75, 3.05) is 36.9 Å². The second-order valence-electron chi connectivity index (χ2n) is 5.85. The molecule has 1 amide bonds. The van der Waals surface area contributed by atoms with E-state index in [1.54, 1.807) is 6.20 Å². The zero-order chi connectivity index (χ0) is 17.1. The molecule has 0 radical (unpaired) electrons. The smallest absolute Gasteiger partial charge is 0.260 e. The monoisotopic (exact) mass is 345 g/mol. The predicted octanol–water partition coefficient (Wildman–Crippen LogP) is 1.73. The number of piperidine rings is 1. The molecule has 1 aliphatic heterocycles. The summed E-state index contributed by atoms with van der Waals surface area (Å²) >= 11 is 1.23. The average Bonchev–Trinajstić information content (AvgIpc) is 2.93. The Morgan fingerprint density at radius 2 is 2.42 bits per heavy atom. The van der Waals surface area contributed by atoms with Crippen molar-refractivity contribution in [3.05, 3.63) is 17.1 Å². The molecule has 7 nitrogen and oxygen atoms in total. The number of rotatable bonds is 5. The van der Waals surface area contributed by atoms with Crippen LogP contribution < -0.4 is 16.4 Å². The van der Waals surface area contributed by atoms with Crippen LogP contribution in [0.3, 0.4) is 0 Å². The zero-order valence-corrected chi connectivity index (χ0v) is 14.0. The molecule has 3 rings (SSSR count). The number of pyridine rings is 1. The van der Waals surface area contributed by atoms with Gasteiger partial charge in [0.15, 0.2) is 0 Å². The SMILES string of the molecule is N#CCOCC1CCCN(c2ccnc3sc(C(N)=O)c(N)c23)C1. The van der Waals surface area contributed by atoms with Gasteiger partial charge >= 0.3 is 0 Å². The molecular weight excluding hydrogens is 326 g/mol. The Morgan fingerprint density at radius 3 is 3.17 bits per heavy atom. The molecule has 8 heteroatoms. The Bertz CT molecular complexity index is 798. The van der Waals surface area contributed by atoms with Crippen LogP contribution in [0.1, 0.15) is 22.5 Å². The number of anilines is 2. The van der Waals surface area contributed by atoms with Crippen LogP contribution in [-0.2, 0) is 4.74 Å². The van der Waals surface area contributed by atoms with Gasteiger partial charge in [0.25, 0.3) is 5.91 Å². The number of thiophene rings is 1. The van der Waals surface area contributed by atoms with Crippen molar-refractivity contribution in [2.24, 2.45) is 11.7 Å². The lowest BCUT2D eigenvalue weighted by Crippen LogP contribution is -2.37. The summed E-state index contributed by atoms with van der Waals surface area (Å²) in [5.74, 6) is -0.159. The van der Waals surface area contributed by atoms with Crippen molar-refractivity contribution in [2.45, 2.75) is 12.8 Å². The number of primary amides is 1. The van der Waals surface area contributed by atoms with E-state index in [-0.39, 0.29) is 6.61 Å². The number of nitrogens with zero attached hydrogens (tertiary/aromatic N) is 3. The summed E-state index contributed by atoms with van der Waals surface area (Å²) in [7, 11) is 0. The molecule has 1 saturated heterocycles. The molecule has 24 heavy (non-hydrogen) atoms. The third-order valence-electron chi connectivity index (χ3n) is 4.21. The summed E-state index contributed by atoms with van der Waals surface area (Å²) in [4.78, 5) is 19.2. The molecule has 0 bridgehead atoms. The van der Waals surface area contributed by atoms with Gasteiger partial charge < -0.3 is 21.1 Å². The maximum absolute atomic E-state index is 11.5. The minimum atomic E-state index is -0.525. The van der Waals surface area contributed by atoms with Gasteiger partial charge in [-0.15, -0.1) is 11.3 Å². The number of hydrogen-bond acceptors (Lipinski definition) is 7. The molecule has 0 aromatic carbocycles. The third-order valence-corrected chi connectivity index (χ3v) is 5.34. The number of carbonyl (C=O) groups excluding carboxylic acids is 1. The highest BCUT2D eigenvalue weighted by atomic mass is 32.1. The lowest BCUT2D eigenvalue weighted by Gasteiger charge is -2.34. The molecule has 2 aromatic heterocycles. The van der Waals surface area contributed by atoms with Crippen molar-refractivity contribution in [3.63, 3.8) is 0 Å². The standard InChI is InChI=1S/C16H19N5O2S/c17-4-7-23-9-10-2-1-6-21(8-10)11-3-5-20-16-12(11)13(18)14(24-16)15(19)22/h3,5,10H,1-2,6-9,18H2,(H2,19,22). The van der Waals surface area contributed by atoms with E-state index in [9.17, 15) is 4.79 Å². The van der Waals surface area contributed by atoms with E-state index < -0.39 is 5.91 Å². The molecule has 126 valence electrons. The van der Waals surface area contributed by atoms with Gasteiger partial charge in [0.05, 0.1) is 29.4 Å². The summed E-state index contributed by atoms with van der Waals surface area (Å²) in [6.07, 6.45) is 3.84. The molecule has 1 atom stereocenters. The molecular formula is C16H19N5O2S. The van der Waals surface area contributed by atoms with Gasteiger partial charge in [-0.05, 0) is 24.8 Å². The minimum Gasteiger partial charge on any atom is -0.397 e. The van der Waals surface area contributed by atoms with E-state index >= 15 is 0 Å². The van der Waals surface area contributed by atoms with Crippen LogP contribution in [0, 0.1) is 17.2 Å². The fourth-order valence-corrected chi connectivity index (χ4v) is 4.10. The molecule has 1 aliphatic rings. The summed E-state index contributed by atoms with van der Waals surface area (Å²) in [6, 6.07) is 3.92. The van der Waals surface area contributed by atoms with E-state index in [0.29, 0.717) is 23.1 Å². The molecule has 3 heterocycles. The highest BCUT2D eigenvalue weighted by molar-refractivity contribution is 7.21. The number of fused-ring (bicyclic) bond motifs is 1. The highest BCUT2D eigenvalue weighted by Gasteiger charge is 2.24. The Hall–Kier alpha value is -2.37. The number of hydrogen-bond donors (Lipinski definition) is 2. The van der Waals surface area contributed by atoms with Gasteiger partial charge in [-0.25, -0.2) is 4.98 Å². The fraction of sp³-hybridized carbons (Fsp3) is 0.438. The largest absolute Gasteiger partial charge is 0.397 e. The van der Waals surface area contributed by atoms with Crippen LogP contribution >= 0.6 is 11.3 Å². The predicted molar refractivity (Wildman–Crippen MR) is 93.9 cm³/mol. The van der Waals surface area contributed by atoms with Crippen LogP contribution in [0.5, 0.6) is 0 Å². The summed E-state index contributed by atoms with van der Waals surface area (Å²) in [5.41, 5.74) is 13.0. The van der Waals surface area contributed by atoms with E-state index in [2.05, 4.69) is 9.88 Å². The maximum Gasteiger partial charge on any atom is 0.260 e. The summed E-state index contributed by atoms with van der Waals surface area (Å²) in [5, 5.41) is 9.38. The van der Waals surface area contributed by atoms with Crippen molar-refractivity contribution < 1.29 is 9.53 Å². The average molecular weight is 345 g/mol. The number of aromatic nitrogens is 1. The van der Waals surface area contributed by atoms with Crippen LogP contribution in [0.25, 0.3) is 10.2 Å². The first-order chi connectivity index (χ1) is 11.6.